The van der Waals surface area contributed by atoms with E-state index < -0.39 is 0 Å². The molecule has 26 heavy (non-hydrogen) atoms. The third kappa shape index (κ3) is 5.56. The maximum Gasteiger partial charge on any atom is 0.275 e. The van der Waals surface area contributed by atoms with Gasteiger partial charge in [-0.1, -0.05) is 42.5 Å². The number of hydrogen-bond acceptors (Lipinski definition) is 2. The molecule has 2 atom stereocenters. The van der Waals surface area contributed by atoms with Gasteiger partial charge in [-0.05, 0) is 44.0 Å². The Morgan fingerprint density at radius 1 is 0.923 bits per heavy atom. The summed E-state index contributed by atoms with van der Waals surface area (Å²) in [5.41, 5.74) is 1.10. The highest BCUT2D eigenvalue weighted by atomic mass is 16.2. The van der Waals surface area contributed by atoms with Crippen LogP contribution >= 0.6 is 0 Å². The Morgan fingerprint density at radius 2 is 1.54 bits per heavy atom. The van der Waals surface area contributed by atoms with E-state index in [1.54, 1.807) is 0 Å². The molecule has 0 bridgehead atoms. The van der Waals surface area contributed by atoms with Crippen molar-refractivity contribution in [2.75, 3.05) is 19.6 Å². The molecule has 0 saturated heterocycles. The van der Waals surface area contributed by atoms with Gasteiger partial charge in [0, 0.05) is 6.04 Å². The highest BCUT2D eigenvalue weighted by molar-refractivity contribution is 5.87. The van der Waals surface area contributed by atoms with Gasteiger partial charge < -0.3 is 15.5 Å². The number of amides is 2. The van der Waals surface area contributed by atoms with Crippen LogP contribution in [-0.2, 0) is 9.59 Å². The Bertz CT molecular complexity index is 753. The maximum absolute atomic E-state index is 12.5. The second-order valence-corrected chi connectivity index (χ2v) is 7.04. The molecule has 2 aromatic rings. The van der Waals surface area contributed by atoms with Crippen LogP contribution in [0.3, 0.4) is 0 Å². The first kappa shape index (κ1) is 19.9. The molecule has 3 N–H and O–H groups in total. The van der Waals surface area contributed by atoms with Crippen molar-refractivity contribution in [2.24, 2.45) is 0 Å². The minimum absolute atomic E-state index is 0.0215. The molecule has 1 unspecified atom stereocenters. The largest absolute Gasteiger partial charge is 0.349 e. The summed E-state index contributed by atoms with van der Waals surface area (Å²) in [6.07, 6.45) is 0. The number of fused-ring (bicyclic) bond motifs is 1. The molecular weight excluding hydrogens is 326 g/mol. The predicted molar refractivity (Wildman–Crippen MR) is 105 cm³/mol. The molecule has 0 spiro atoms. The molecule has 2 aromatic carbocycles. The molecule has 0 aliphatic rings. The molecule has 0 heterocycles. The average Bonchev–Trinajstić information content (AvgIpc) is 2.59. The average molecular weight is 356 g/mol. The molecule has 0 fully saturated rings. The van der Waals surface area contributed by atoms with E-state index in [9.17, 15) is 9.59 Å². The molecule has 0 aliphatic heterocycles. The molecule has 2 rings (SSSR count). The van der Waals surface area contributed by atoms with Crippen molar-refractivity contribution in [3.8, 4) is 0 Å². The van der Waals surface area contributed by atoms with Gasteiger partial charge in [0.15, 0.2) is 13.1 Å². The monoisotopic (exact) mass is 356 g/mol. The fourth-order valence-corrected chi connectivity index (χ4v) is 3.14. The number of rotatable bonds is 8. The van der Waals surface area contributed by atoms with Crippen molar-refractivity contribution in [3.63, 3.8) is 0 Å². The summed E-state index contributed by atoms with van der Waals surface area (Å²) < 4.78 is 0. The Balaban J connectivity index is 1.98. The van der Waals surface area contributed by atoms with E-state index >= 15 is 0 Å². The summed E-state index contributed by atoms with van der Waals surface area (Å²) in [6.45, 7) is 9.17. The smallest absolute Gasteiger partial charge is 0.275 e. The lowest BCUT2D eigenvalue weighted by Crippen LogP contribution is -3.14. The van der Waals surface area contributed by atoms with Crippen molar-refractivity contribution in [2.45, 2.75) is 39.8 Å². The summed E-state index contributed by atoms with van der Waals surface area (Å²) >= 11 is 0. The van der Waals surface area contributed by atoms with Crippen LogP contribution < -0.4 is 15.5 Å². The van der Waals surface area contributed by atoms with Crippen LogP contribution in [-0.4, -0.2) is 37.5 Å². The lowest BCUT2D eigenvalue weighted by Gasteiger charge is -2.20. The summed E-state index contributed by atoms with van der Waals surface area (Å²) in [6, 6.07) is 14.3. The minimum Gasteiger partial charge on any atom is -0.349 e. The number of likely N-dealkylation sites (N-methyl/N-ethyl adjacent to an activating group) is 1. The SMILES string of the molecule is CC[NH+](CC(=O)NC(C)C)CC(=O)N[C@H](C)c1cccc2ccccc12. The van der Waals surface area contributed by atoms with Crippen LogP contribution in [0.4, 0.5) is 0 Å². The standard InChI is InChI=1S/C21H29N3O2/c1-5-24(13-20(25)22-15(2)3)14-21(26)23-16(4)18-12-8-10-17-9-6-7-11-19(17)18/h6-12,15-16H,5,13-14H2,1-4H3,(H,22,25)(H,23,26)/p+1/t16-/m1/s1. The highest BCUT2D eigenvalue weighted by Crippen LogP contribution is 2.23. The van der Waals surface area contributed by atoms with Crippen LogP contribution in [0.2, 0.25) is 0 Å². The predicted octanol–water partition coefficient (Wildman–Crippen LogP) is 1.45. The first-order valence-electron chi connectivity index (χ1n) is 9.30. The fourth-order valence-electron chi connectivity index (χ4n) is 3.14. The van der Waals surface area contributed by atoms with Gasteiger partial charge in [-0.2, -0.15) is 0 Å². The van der Waals surface area contributed by atoms with E-state index in [0.29, 0.717) is 6.54 Å². The molecule has 5 nitrogen and oxygen atoms in total. The number of carbonyl (C=O) groups is 2. The van der Waals surface area contributed by atoms with Crippen LogP contribution in [0, 0.1) is 0 Å². The zero-order valence-corrected chi connectivity index (χ0v) is 16.1. The van der Waals surface area contributed by atoms with Gasteiger partial charge in [0.2, 0.25) is 0 Å². The van der Waals surface area contributed by atoms with E-state index in [1.807, 2.05) is 52.0 Å². The first-order chi connectivity index (χ1) is 12.4. The van der Waals surface area contributed by atoms with E-state index in [2.05, 4.69) is 28.8 Å². The van der Waals surface area contributed by atoms with Crippen LogP contribution in [0.15, 0.2) is 42.5 Å². The maximum atomic E-state index is 12.5. The Hall–Kier alpha value is -2.40. The lowest BCUT2D eigenvalue weighted by atomic mass is 10.00. The van der Waals surface area contributed by atoms with Gasteiger partial charge in [0.05, 0.1) is 12.6 Å². The summed E-state index contributed by atoms with van der Waals surface area (Å²) in [7, 11) is 0. The second kappa shape index (κ2) is 9.34. The van der Waals surface area contributed by atoms with Crippen LogP contribution in [0.25, 0.3) is 10.8 Å². The first-order valence-corrected chi connectivity index (χ1v) is 9.30. The van der Waals surface area contributed by atoms with Gasteiger partial charge in [-0.25, -0.2) is 0 Å². The summed E-state index contributed by atoms with van der Waals surface area (Å²) in [4.78, 5) is 25.4. The van der Waals surface area contributed by atoms with Gasteiger partial charge in [-0.3, -0.25) is 9.59 Å². The number of nitrogens with one attached hydrogen (secondary N) is 3. The van der Waals surface area contributed by atoms with Gasteiger partial charge >= 0.3 is 0 Å². The van der Waals surface area contributed by atoms with Crippen molar-refractivity contribution >= 4 is 22.6 Å². The molecule has 0 aliphatic carbocycles. The van der Waals surface area contributed by atoms with Gasteiger partial charge in [-0.15, -0.1) is 0 Å². The highest BCUT2D eigenvalue weighted by Gasteiger charge is 2.19. The number of carbonyl (C=O) groups excluding carboxylic acids is 2. The number of quaternary nitrogens is 1. The van der Waals surface area contributed by atoms with E-state index in [4.69, 9.17) is 0 Å². The Kier molecular flexibility index (Phi) is 7.16. The minimum atomic E-state index is -0.0869. The second-order valence-electron chi connectivity index (χ2n) is 7.04. The molecule has 0 radical (unpaired) electrons. The third-order valence-corrected chi connectivity index (χ3v) is 4.44. The lowest BCUT2D eigenvalue weighted by molar-refractivity contribution is -0.881. The molecule has 0 saturated carbocycles. The van der Waals surface area contributed by atoms with Crippen LogP contribution in [0.1, 0.15) is 39.3 Å². The molecule has 2 amide bonds. The zero-order chi connectivity index (χ0) is 19.1. The third-order valence-electron chi connectivity index (χ3n) is 4.44. The topological polar surface area (TPSA) is 62.6 Å². The summed E-state index contributed by atoms with van der Waals surface area (Å²) in [5.74, 6) is -0.0635. The van der Waals surface area contributed by atoms with Gasteiger partial charge in [0.25, 0.3) is 11.8 Å². The van der Waals surface area contributed by atoms with Crippen molar-refractivity contribution < 1.29 is 14.5 Å². The quantitative estimate of drug-likeness (QED) is 0.670. The Labute approximate surface area is 155 Å². The van der Waals surface area contributed by atoms with E-state index in [-0.39, 0.29) is 30.4 Å². The molecule has 140 valence electrons. The van der Waals surface area contributed by atoms with Gasteiger partial charge in [0.1, 0.15) is 0 Å². The van der Waals surface area contributed by atoms with Crippen molar-refractivity contribution in [1.29, 1.82) is 0 Å². The number of hydrogen-bond donors (Lipinski definition) is 3. The van der Waals surface area contributed by atoms with Crippen molar-refractivity contribution in [3.05, 3.63) is 48.0 Å². The van der Waals surface area contributed by atoms with E-state index in [1.165, 1.54) is 0 Å². The van der Waals surface area contributed by atoms with E-state index in [0.717, 1.165) is 27.8 Å². The van der Waals surface area contributed by atoms with Crippen molar-refractivity contribution in [1.82, 2.24) is 10.6 Å². The molecule has 0 aromatic heterocycles. The summed E-state index contributed by atoms with van der Waals surface area (Å²) in [5, 5.41) is 8.27. The zero-order valence-electron chi connectivity index (χ0n) is 16.1. The fraction of sp³-hybridized carbons (Fsp3) is 0.429. The van der Waals surface area contributed by atoms with Crippen LogP contribution in [0.5, 0.6) is 0 Å². The normalized spacial score (nSPS) is 13.4. The molecule has 5 heteroatoms. The molecular formula is C21H30N3O2+. The number of benzene rings is 2. The Morgan fingerprint density at radius 3 is 2.19 bits per heavy atom.